The van der Waals surface area contributed by atoms with Gasteiger partial charge < -0.3 is 9.47 Å². The van der Waals surface area contributed by atoms with Gasteiger partial charge in [0.1, 0.15) is 5.60 Å². The van der Waals surface area contributed by atoms with Gasteiger partial charge in [0.05, 0.1) is 13.0 Å². The molecule has 0 saturated heterocycles. The lowest BCUT2D eigenvalue weighted by molar-refractivity contribution is -0.212. The quantitative estimate of drug-likeness (QED) is 0.578. The summed E-state index contributed by atoms with van der Waals surface area (Å²) < 4.78 is 11.1. The van der Waals surface area contributed by atoms with Gasteiger partial charge in [-0.2, -0.15) is 0 Å². The highest BCUT2D eigenvalue weighted by molar-refractivity contribution is 5.87. The summed E-state index contributed by atoms with van der Waals surface area (Å²) in [6.45, 7) is 7.53. The predicted octanol–water partition coefficient (Wildman–Crippen LogP) is 3.25. The van der Waals surface area contributed by atoms with Gasteiger partial charge in [-0.05, 0) is 57.8 Å². The molecule has 4 aliphatic rings. The molecule has 4 bridgehead atoms. The maximum absolute atomic E-state index is 12.2. The standard InChI is InChI=1S/C18H26O4/c1-4-21-16(19)10-18(22-17(20)11(2)3)14-6-12-5-13(8-14)9-15(18)7-12/h12-15H,2,4-10H2,1,3H3. The molecule has 4 heteroatoms. The van der Waals surface area contributed by atoms with Gasteiger partial charge in [-0.25, -0.2) is 4.79 Å². The largest absolute Gasteiger partial charge is 0.466 e. The highest BCUT2D eigenvalue weighted by atomic mass is 16.6. The van der Waals surface area contributed by atoms with Crippen LogP contribution in [0.3, 0.4) is 0 Å². The van der Waals surface area contributed by atoms with Crippen LogP contribution < -0.4 is 0 Å². The summed E-state index contributed by atoms with van der Waals surface area (Å²) in [6.07, 6.45) is 5.84. The topological polar surface area (TPSA) is 52.6 Å². The van der Waals surface area contributed by atoms with Crippen molar-refractivity contribution in [3.63, 3.8) is 0 Å². The Balaban J connectivity index is 1.87. The fraction of sp³-hybridized carbons (Fsp3) is 0.778. The van der Waals surface area contributed by atoms with Crippen LogP contribution in [0.15, 0.2) is 12.2 Å². The van der Waals surface area contributed by atoms with E-state index in [9.17, 15) is 9.59 Å². The molecule has 0 unspecified atom stereocenters. The Kier molecular flexibility index (Phi) is 4.04. The van der Waals surface area contributed by atoms with Crippen molar-refractivity contribution in [1.29, 1.82) is 0 Å². The molecule has 0 radical (unpaired) electrons. The molecule has 4 saturated carbocycles. The maximum atomic E-state index is 12.2. The number of rotatable bonds is 5. The van der Waals surface area contributed by atoms with Crippen LogP contribution in [-0.2, 0) is 19.1 Å². The minimum Gasteiger partial charge on any atom is -0.466 e. The molecule has 4 rings (SSSR count). The molecule has 22 heavy (non-hydrogen) atoms. The van der Waals surface area contributed by atoms with Gasteiger partial charge in [0.15, 0.2) is 0 Å². The van der Waals surface area contributed by atoms with E-state index < -0.39 is 5.60 Å². The van der Waals surface area contributed by atoms with Crippen molar-refractivity contribution in [1.82, 2.24) is 0 Å². The zero-order valence-corrected chi connectivity index (χ0v) is 13.6. The molecular weight excluding hydrogens is 280 g/mol. The maximum Gasteiger partial charge on any atom is 0.333 e. The number of esters is 2. The number of carbonyl (C=O) groups excluding carboxylic acids is 2. The predicted molar refractivity (Wildman–Crippen MR) is 81.9 cm³/mol. The summed E-state index contributed by atoms with van der Waals surface area (Å²) >= 11 is 0. The highest BCUT2D eigenvalue weighted by Crippen LogP contribution is 2.60. The molecule has 0 aliphatic heterocycles. The normalized spacial score (nSPS) is 38.6. The SMILES string of the molecule is C=C(C)C(=O)OC1(CC(=O)OCC)C2CC3CC(C2)CC1C3. The Morgan fingerprint density at radius 2 is 1.64 bits per heavy atom. The second kappa shape index (κ2) is 5.71. The highest BCUT2D eigenvalue weighted by Gasteiger charge is 2.60. The summed E-state index contributed by atoms with van der Waals surface area (Å²) in [5.74, 6) is 1.50. The first kappa shape index (κ1) is 15.6. The van der Waals surface area contributed by atoms with E-state index in [1.807, 2.05) is 0 Å². The summed E-state index contributed by atoms with van der Waals surface area (Å²) in [5, 5.41) is 0. The van der Waals surface area contributed by atoms with Crippen LogP contribution in [0, 0.1) is 23.7 Å². The van der Waals surface area contributed by atoms with E-state index in [1.54, 1.807) is 13.8 Å². The first-order chi connectivity index (χ1) is 10.4. The van der Waals surface area contributed by atoms with Crippen molar-refractivity contribution in [2.45, 2.75) is 58.0 Å². The van der Waals surface area contributed by atoms with Crippen LogP contribution in [0.1, 0.15) is 52.4 Å². The van der Waals surface area contributed by atoms with Crippen LogP contribution in [0.2, 0.25) is 0 Å². The van der Waals surface area contributed by atoms with E-state index in [1.165, 1.54) is 6.42 Å². The van der Waals surface area contributed by atoms with Gasteiger partial charge in [-0.15, -0.1) is 0 Å². The van der Waals surface area contributed by atoms with Gasteiger partial charge in [-0.3, -0.25) is 4.79 Å². The van der Waals surface area contributed by atoms with Crippen LogP contribution in [0.4, 0.5) is 0 Å². The second-order valence-electron chi connectivity index (χ2n) is 7.41. The lowest BCUT2D eigenvalue weighted by Crippen LogP contribution is -2.60. The Morgan fingerprint density at radius 1 is 1.09 bits per heavy atom. The molecule has 0 aromatic carbocycles. The third kappa shape index (κ3) is 2.57. The van der Waals surface area contributed by atoms with E-state index in [0.29, 0.717) is 24.0 Å². The zero-order chi connectivity index (χ0) is 15.9. The van der Waals surface area contributed by atoms with Crippen molar-refractivity contribution < 1.29 is 19.1 Å². The number of carbonyl (C=O) groups is 2. The summed E-state index contributed by atoms with van der Waals surface area (Å²) in [4.78, 5) is 24.4. The van der Waals surface area contributed by atoms with Crippen molar-refractivity contribution in [3.8, 4) is 0 Å². The molecule has 0 N–H and O–H groups in total. The average molecular weight is 306 g/mol. The minimum atomic E-state index is -0.657. The average Bonchev–Trinajstić information content (AvgIpc) is 2.43. The summed E-state index contributed by atoms with van der Waals surface area (Å²) in [6, 6.07) is 0. The van der Waals surface area contributed by atoms with Gasteiger partial charge >= 0.3 is 11.9 Å². The summed E-state index contributed by atoms with van der Waals surface area (Å²) in [7, 11) is 0. The molecule has 0 heterocycles. The van der Waals surface area contributed by atoms with Gasteiger partial charge in [0.25, 0.3) is 0 Å². The lowest BCUT2D eigenvalue weighted by atomic mass is 9.49. The van der Waals surface area contributed by atoms with Crippen LogP contribution >= 0.6 is 0 Å². The third-order valence-electron chi connectivity index (χ3n) is 5.88. The van der Waals surface area contributed by atoms with E-state index >= 15 is 0 Å². The van der Waals surface area contributed by atoms with Crippen LogP contribution in [0.25, 0.3) is 0 Å². The fourth-order valence-electron chi connectivity index (χ4n) is 5.17. The minimum absolute atomic E-state index is 0.203. The molecule has 0 aromatic rings. The molecule has 4 nitrogen and oxygen atoms in total. The third-order valence-corrected chi connectivity index (χ3v) is 5.88. The fourth-order valence-corrected chi connectivity index (χ4v) is 5.17. The first-order valence-electron chi connectivity index (χ1n) is 8.49. The molecule has 4 aliphatic carbocycles. The Labute approximate surface area is 132 Å². The monoisotopic (exact) mass is 306 g/mol. The van der Waals surface area contributed by atoms with Crippen molar-refractivity contribution in [2.75, 3.05) is 6.61 Å². The van der Waals surface area contributed by atoms with Crippen molar-refractivity contribution in [3.05, 3.63) is 12.2 Å². The van der Waals surface area contributed by atoms with E-state index in [2.05, 4.69) is 6.58 Å². The molecular formula is C18H26O4. The van der Waals surface area contributed by atoms with Crippen molar-refractivity contribution >= 4 is 11.9 Å². The molecule has 0 amide bonds. The Hall–Kier alpha value is -1.32. The van der Waals surface area contributed by atoms with E-state index in [-0.39, 0.29) is 18.4 Å². The molecule has 122 valence electrons. The zero-order valence-electron chi connectivity index (χ0n) is 13.6. The molecule has 0 spiro atoms. The van der Waals surface area contributed by atoms with Gasteiger partial charge in [0.2, 0.25) is 0 Å². The van der Waals surface area contributed by atoms with Gasteiger partial charge in [0, 0.05) is 17.4 Å². The van der Waals surface area contributed by atoms with Crippen LogP contribution in [-0.4, -0.2) is 24.1 Å². The molecule has 4 fully saturated rings. The van der Waals surface area contributed by atoms with Crippen LogP contribution in [0.5, 0.6) is 0 Å². The Bertz CT molecular complexity index is 465. The molecule has 0 atom stereocenters. The van der Waals surface area contributed by atoms with Gasteiger partial charge in [-0.1, -0.05) is 6.58 Å². The lowest BCUT2D eigenvalue weighted by Gasteiger charge is -2.59. The number of hydrogen-bond acceptors (Lipinski definition) is 4. The first-order valence-corrected chi connectivity index (χ1v) is 8.49. The van der Waals surface area contributed by atoms with E-state index in [0.717, 1.165) is 37.5 Å². The number of ether oxygens (including phenoxy) is 2. The number of hydrogen-bond donors (Lipinski definition) is 0. The smallest absolute Gasteiger partial charge is 0.333 e. The molecule has 0 aromatic heterocycles. The van der Waals surface area contributed by atoms with Crippen molar-refractivity contribution in [2.24, 2.45) is 23.7 Å². The van der Waals surface area contributed by atoms with E-state index in [4.69, 9.17) is 9.47 Å². The Morgan fingerprint density at radius 3 is 2.09 bits per heavy atom. The summed E-state index contributed by atoms with van der Waals surface area (Å²) in [5.41, 5.74) is -0.257. The second-order valence-corrected chi connectivity index (χ2v) is 7.41.